The largest absolute Gasteiger partial charge is 0.483 e. The number of ether oxygens (including phenoxy) is 1. The zero-order valence-electron chi connectivity index (χ0n) is 13.7. The Morgan fingerprint density at radius 2 is 2.08 bits per heavy atom. The number of aromatic amines is 1. The highest BCUT2D eigenvalue weighted by molar-refractivity contribution is 6.31. The van der Waals surface area contributed by atoms with Gasteiger partial charge in [0.25, 0.3) is 5.91 Å². The number of hydrogen-bond donors (Lipinski definition) is 2. The van der Waals surface area contributed by atoms with Crippen LogP contribution in [0.2, 0.25) is 5.02 Å². The number of aromatic nitrogens is 2. The van der Waals surface area contributed by atoms with E-state index in [4.69, 9.17) is 16.3 Å². The van der Waals surface area contributed by atoms with Crippen LogP contribution >= 0.6 is 11.6 Å². The molecule has 0 saturated heterocycles. The van der Waals surface area contributed by atoms with Crippen LogP contribution in [0, 0.1) is 0 Å². The second-order valence-electron chi connectivity index (χ2n) is 5.50. The van der Waals surface area contributed by atoms with Crippen LogP contribution in [-0.4, -0.2) is 15.9 Å². The number of nitrogens with zero attached hydrogens (tertiary/aromatic N) is 1. The molecule has 0 unspecified atom stereocenters. The molecule has 7 heteroatoms. The van der Waals surface area contributed by atoms with Gasteiger partial charge >= 0.3 is 0 Å². The van der Waals surface area contributed by atoms with E-state index in [1.54, 1.807) is 24.5 Å². The third-order valence-corrected chi connectivity index (χ3v) is 4.01. The van der Waals surface area contributed by atoms with E-state index in [1.807, 2.05) is 24.3 Å². The molecule has 0 atom stereocenters. The highest BCUT2D eigenvalue weighted by Crippen LogP contribution is 2.16. The lowest BCUT2D eigenvalue weighted by molar-refractivity contribution is 0.0945. The van der Waals surface area contributed by atoms with Crippen molar-refractivity contribution in [1.29, 1.82) is 0 Å². The number of H-pyrrole nitrogens is 1. The summed E-state index contributed by atoms with van der Waals surface area (Å²) < 4.78 is 5.50. The van der Waals surface area contributed by atoms with Crippen LogP contribution in [-0.2, 0) is 13.2 Å². The van der Waals surface area contributed by atoms with Crippen LogP contribution in [0.1, 0.15) is 21.6 Å². The average Bonchev–Trinajstić information content (AvgIpc) is 2.67. The maximum Gasteiger partial charge on any atom is 0.268 e. The Morgan fingerprint density at radius 1 is 1.23 bits per heavy atom. The fourth-order valence-corrected chi connectivity index (χ4v) is 2.44. The molecule has 132 valence electrons. The first-order chi connectivity index (χ1) is 12.6. The number of halogens is 1. The predicted molar refractivity (Wildman–Crippen MR) is 98.3 cm³/mol. The highest BCUT2D eigenvalue weighted by Gasteiger charge is 2.10. The van der Waals surface area contributed by atoms with Gasteiger partial charge in [-0.15, -0.1) is 0 Å². The van der Waals surface area contributed by atoms with Crippen molar-refractivity contribution in [3.63, 3.8) is 0 Å². The van der Waals surface area contributed by atoms with E-state index in [1.165, 1.54) is 12.3 Å². The van der Waals surface area contributed by atoms with Crippen molar-refractivity contribution in [3.05, 3.63) is 93.1 Å². The molecule has 26 heavy (non-hydrogen) atoms. The van der Waals surface area contributed by atoms with Gasteiger partial charge in [0.1, 0.15) is 12.3 Å². The number of pyridine rings is 2. The molecule has 0 radical (unpaired) electrons. The molecule has 0 bridgehead atoms. The first-order valence-electron chi connectivity index (χ1n) is 7.89. The summed E-state index contributed by atoms with van der Waals surface area (Å²) in [6, 6.07) is 12.1. The molecular formula is C19H16ClN3O3. The summed E-state index contributed by atoms with van der Waals surface area (Å²) in [6.45, 7) is 0.481. The second kappa shape index (κ2) is 8.31. The maximum absolute atomic E-state index is 12.2. The predicted octanol–water partition coefficient (Wildman–Crippen LogP) is 2.93. The van der Waals surface area contributed by atoms with E-state index in [0.717, 1.165) is 11.1 Å². The quantitative estimate of drug-likeness (QED) is 0.699. The fourth-order valence-electron chi connectivity index (χ4n) is 2.25. The van der Waals surface area contributed by atoms with E-state index in [9.17, 15) is 9.59 Å². The minimum Gasteiger partial charge on any atom is -0.483 e. The standard InChI is InChI=1S/C19H16ClN3O3/c20-15-6-2-1-5-14(15)12-26-18-11-22-16(8-17(18)24)19(25)23-10-13-4-3-7-21-9-13/h1-9,11H,10,12H2,(H,22,24)(H,23,25). The zero-order valence-corrected chi connectivity index (χ0v) is 14.5. The summed E-state index contributed by atoms with van der Waals surface area (Å²) in [5.41, 5.74) is 1.40. The summed E-state index contributed by atoms with van der Waals surface area (Å²) in [4.78, 5) is 31.1. The molecule has 1 aromatic carbocycles. The minimum absolute atomic E-state index is 0.119. The van der Waals surface area contributed by atoms with Gasteiger partial charge in [0, 0.05) is 41.8 Å². The van der Waals surface area contributed by atoms with Crippen LogP contribution in [0.15, 0.2) is 65.8 Å². The normalized spacial score (nSPS) is 10.3. The lowest BCUT2D eigenvalue weighted by Gasteiger charge is -2.08. The van der Waals surface area contributed by atoms with Crippen LogP contribution < -0.4 is 15.5 Å². The zero-order chi connectivity index (χ0) is 18.4. The number of benzene rings is 1. The third-order valence-electron chi connectivity index (χ3n) is 3.64. The molecule has 3 aromatic rings. The second-order valence-corrected chi connectivity index (χ2v) is 5.91. The Labute approximate surface area is 154 Å². The summed E-state index contributed by atoms with van der Waals surface area (Å²) in [5, 5.41) is 3.29. The van der Waals surface area contributed by atoms with Crippen LogP contribution in [0.3, 0.4) is 0 Å². The number of nitrogens with one attached hydrogen (secondary N) is 2. The van der Waals surface area contributed by atoms with Crippen molar-refractivity contribution < 1.29 is 9.53 Å². The van der Waals surface area contributed by atoms with Gasteiger partial charge in [-0.3, -0.25) is 14.6 Å². The van der Waals surface area contributed by atoms with Gasteiger partial charge in [-0.25, -0.2) is 0 Å². The minimum atomic E-state index is -0.387. The Hall–Kier alpha value is -3.12. The molecule has 0 fully saturated rings. The molecule has 1 amide bonds. The molecule has 0 saturated carbocycles. The number of carbonyl (C=O) groups excluding carboxylic acids is 1. The highest BCUT2D eigenvalue weighted by atomic mass is 35.5. The van der Waals surface area contributed by atoms with Gasteiger partial charge in [-0.05, 0) is 17.7 Å². The van der Waals surface area contributed by atoms with Gasteiger partial charge in [-0.2, -0.15) is 0 Å². The average molecular weight is 370 g/mol. The first-order valence-corrected chi connectivity index (χ1v) is 8.27. The summed E-state index contributed by atoms with van der Waals surface area (Å²) in [6.07, 6.45) is 4.69. The molecular weight excluding hydrogens is 354 g/mol. The van der Waals surface area contributed by atoms with Gasteiger partial charge in [-0.1, -0.05) is 35.9 Å². The Balaban J connectivity index is 1.62. The third kappa shape index (κ3) is 4.49. The smallest absolute Gasteiger partial charge is 0.268 e. The SMILES string of the molecule is O=C(NCc1cccnc1)c1cc(=O)c(OCc2ccccc2Cl)c[nH]1. The summed E-state index contributed by atoms with van der Waals surface area (Å²) >= 11 is 6.06. The Bertz CT molecular complexity index is 957. The van der Waals surface area contributed by atoms with Crippen molar-refractivity contribution in [3.8, 4) is 5.75 Å². The molecule has 6 nitrogen and oxygen atoms in total. The molecule has 2 aromatic heterocycles. The molecule has 2 heterocycles. The van der Waals surface area contributed by atoms with E-state index >= 15 is 0 Å². The molecule has 0 aliphatic heterocycles. The van der Waals surface area contributed by atoms with E-state index in [2.05, 4.69) is 15.3 Å². The molecule has 0 spiro atoms. The van der Waals surface area contributed by atoms with Crippen molar-refractivity contribution in [2.75, 3.05) is 0 Å². The first kappa shape index (κ1) is 17.7. The fraction of sp³-hybridized carbons (Fsp3) is 0.105. The number of amides is 1. The van der Waals surface area contributed by atoms with Crippen molar-refractivity contribution in [2.24, 2.45) is 0 Å². The number of rotatable bonds is 6. The van der Waals surface area contributed by atoms with Crippen molar-refractivity contribution in [1.82, 2.24) is 15.3 Å². The summed E-state index contributed by atoms with van der Waals surface area (Å²) in [5.74, 6) is -0.266. The molecule has 0 aliphatic carbocycles. The lowest BCUT2D eigenvalue weighted by atomic mass is 10.2. The maximum atomic E-state index is 12.2. The van der Waals surface area contributed by atoms with Gasteiger partial charge < -0.3 is 15.0 Å². The van der Waals surface area contributed by atoms with E-state index < -0.39 is 0 Å². The van der Waals surface area contributed by atoms with Crippen LogP contribution in [0.5, 0.6) is 5.75 Å². The Morgan fingerprint density at radius 3 is 2.81 bits per heavy atom. The van der Waals surface area contributed by atoms with Crippen LogP contribution in [0.4, 0.5) is 0 Å². The number of hydrogen-bond acceptors (Lipinski definition) is 4. The van der Waals surface area contributed by atoms with Gasteiger partial charge in [0.15, 0.2) is 5.75 Å². The van der Waals surface area contributed by atoms with Gasteiger partial charge in [0.05, 0.1) is 0 Å². The molecule has 0 aliphatic rings. The van der Waals surface area contributed by atoms with E-state index in [0.29, 0.717) is 11.6 Å². The van der Waals surface area contributed by atoms with E-state index in [-0.39, 0.29) is 29.4 Å². The van der Waals surface area contributed by atoms with Crippen molar-refractivity contribution >= 4 is 17.5 Å². The topological polar surface area (TPSA) is 84.1 Å². The molecule has 2 N–H and O–H groups in total. The van der Waals surface area contributed by atoms with Crippen LogP contribution in [0.25, 0.3) is 0 Å². The van der Waals surface area contributed by atoms with Gasteiger partial charge in [0.2, 0.25) is 5.43 Å². The van der Waals surface area contributed by atoms with Crippen molar-refractivity contribution in [2.45, 2.75) is 13.2 Å². The summed E-state index contributed by atoms with van der Waals surface area (Å²) in [7, 11) is 0. The number of carbonyl (C=O) groups is 1. The lowest BCUT2D eigenvalue weighted by Crippen LogP contribution is -2.25. The molecule has 3 rings (SSSR count). The Kier molecular flexibility index (Phi) is 5.66. The monoisotopic (exact) mass is 369 g/mol.